The smallest absolute Gasteiger partial charge is 0.101 e. The molecule has 0 saturated heterocycles. The van der Waals surface area contributed by atoms with Crippen molar-refractivity contribution in [2.75, 3.05) is 0 Å². The molecule has 0 fully saturated rings. The fourth-order valence-electron chi connectivity index (χ4n) is 11.0. The Morgan fingerprint density at radius 1 is 0.182 bits per heavy atom. The van der Waals surface area contributed by atoms with Crippen molar-refractivity contribution in [3.05, 3.63) is 6.07 Å². The molecule has 0 spiro atoms. The minimum atomic E-state index is 1.36. The van der Waals surface area contributed by atoms with Crippen LogP contribution in [-0.2, 0) is 0 Å². The van der Waals surface area contributed by atoms with Crippen LogP contribution >= 0.6 is 0 Å². The standard InChI is InChI=1S/C34H43B21/c35-3-1-2-4(17(38)28(49)26(47)15(2)36)16(37)5(3)6-8-10(21(42)31(52)29(50)19(8)40)7(11-9(6)20(41)30(51)32(53)22(11)43)12-13-14(24(45)27(48)18(12)39)25(46)34(55)33(54)23(13)44/h1H,35-55H2. The van der Waals surface area contributed by atoms with Gasteiger partial charge in [0.05, 0.1) is 0 Å². The van der Waals surface area contributed by atoms with E-state index in [0.717, 1.165) is 0 Å². The monoisotopic (exact) mass is 683 g/mol. The summed E-state index contributed by atoms with van der Waals surface area (Å²) >= 11 is 0. The molecule has 0 N–H and O–H groups in total. The van der Waals surface area contributed by atoms with Crippen LogP contribution in [0.15, 0.2) is 6.07 Å². The van der Waals surface area contributed by atoms with Crippen LogP contribution in [0.1, 0.15) is 0 Å². The molecule has 0 aromatic heterocycles. The lowest BCUT2D eigenvalue weighted by molar-refractivity contribution is 1.85. The van der Waals surface area contributed by atoms with Crippen molar-refractivity contribution >= 4 is 323 Å². The first-order chi connectivity index (χ1) is 25.6. The number of hydrogen-bond acceptors (Lipinski definition) is 0. The Balaban J connectivity index is 1.94. The normalized spacial score (nSPS) is 11.7. The summed E-state index contributed by atoms with van der Waals surface area (Å²) in [6.45, 7) is 0. The van der Waals surface area contributed by atoms with Crippen molar-refractivity contribution in [2.45, 2.75) is 0 Å². The van der Waals surface area contributed by atoms with Gasteiger partial charge < -0.3 is 0 Å². The van der Waals surface area contributed by atoms with Gasteiger partial charge in [-0.05, 0) is 65.3 Å². The van der Waals surface area contributed by atoms with Gasteiger partial charge in [0.25, 0.3) is 0 Å². The molecule has 242 valence electrons. The maximum Gasteiger partial charge on any atom is 0.140 e. The minimum absolute atomic E-state index is 1.36. The molecule has 0 heterocycles. The van der Waals surface area contributed by atoms with Crippen LogP contribution in [0.3, 0.4) is 0 Å². The van der Waals surface area contributed by atoms with E-state index in [9.17, 15) is 0 Å². The molecule has 0 aliphatic heterocycles. The molecule has 7 rings (SSSR count). The summed E-state index contributed by atoms with van der Waals surface area (Å²) in [5.41, 5.74) is 35.3. The third-order valence-electron chi connectivity index (χ3n) is 15.9. The van der Waals surface area contributed by atoms with Crippen LogP contribution in [0.5, 0.6) is 0 Å². The summed E-state index contributed by atoms with van der Waals surface area (Å²) in [4.78, 5) is 0. The highest BCUT2D eigenvalue weighted by Gasteiger charge is 2.29. The molecule has 7 aromatic rings. The Labute approximate surface area is 348 Å². The van der Waals surface area contributed by atoms with Gasteiger partial charge in [-0.2, -0.15) is 0 Å². The molecule has 21 heteroatoms. The second-order valence-electron chi connectivity index (χ2n) is 17.9. The second-order valence-corrected chi connectivity index (χ2v) is 17.9. The van der Waals surface area contributed by atoms with Crippen molar-refractivity contribution in [2.24, 2.45) is 0 Å². The van der Waals surface area contributed by atoms with Crippen molar-refractivity contribution < 1.29 is 0 Å². The average molecular weight is 679 g/mol. The SMILES string of the molecule is Bc1cc2c(B)c(B)c(B)c(B)c2c(B)c1-c1c2c(B)c(B)c(B)c(B)c2c(-c2c(B)c(B)c(B)c3c(B)c(B)c(B)c(B)c23)c2c(B)c(B)c(B)c(B)c12. The molecule has 55 heavy (non-hydrogen) atoms. The fourth-order valence-corrected chi connectivity index (χ4v) is 11.0. The Bertz CT molecular complexity index is 2900. The largest absolute Gasteiger partial charge is 0.140 e. The van der Waals surface area contributed by atoms with Gasteiger partial charge in [-0.1, -0.05) is 71.6 Å². The third kappa shape index (κ3) is 5.22. The number of hydrogen-bond donors (Lipinski definition) is 0. The molecule has 0 bridgehead atoms. The van der Waals surface area contributed by atoms with E-state index in [1.54, 1.807) is 0 Å². The minimum Gasteiger partial charge on any atom is -0.101 e. The van der Waals surface area contributed by atoms with E-state index < -0.39 is 0 Å². The maximum absolute atomic E-state index is 2.52. The van der Waals surface area contributed by atoms with Crippen molar-refractivity contribution in [3.63, 3.8) is 0 Å². The van der Waals surface area contributed by atoms with Crippen LogP contribution in [-0.4, -0.2) is 165 Å². The summed E-state index contributed by atoms with van der Waals surface area (Å²) in [5, 5.41) is 11.4. The van der Waals surface area contributed by atoms with E-state index in [1.165, 1.54) is 180 Å². The first-order valence-electron chi connectivity index (χ1n) is 20.6. The predicted octanol–water partition coefficient (Wildman–Crippen LogP) is -26.9. The summed E-state index contributed by atoms with van der Waals surface area (Å²) in [6.07, 6.45) is 0. The van der Waals surface area contributed by atoms with Gasteiger partial charge in [-0.15, -0.1) is 49.2 Å². The van der Waals surface area contributed by atoms with Gasteiger partial charge in [0.2, 0.25) is 0 Å². The van der Waals surface area contributed by atoms with E-state index >= 15 is 0 Å². The fraction of sp³-hybridized carbons (Fsp3) is 0. The summed E-state index contributed by atoms with van der Waals surface area (Å²) < 4.78 is 0. The van der Waals surface area contributed by atoms with Gasteiger partial charge >= 0.3 is 0 Å². The molecule has 0 aliphatic carbocycles. The van der Waals surface area contributed by atoms with E-state index in [1.807, 2.05) is 0 Å². The van der Waals surface area contributed by atoms with Gasteiger partial charge in [0.1, 0.15) is 165 Å². The first kappa shape index (κ1) is 40.2. The zero-order chi connectivity index (χ0) is 40.8. The van der Waals surface area contributed by atoms with Crippen molar-refractivity contribution in [1.29, 1.82) is 0 Å². The van der Waals surface area contributed by atoms with Gasteiger partial charge in [0.15, 0.2) is 0 Å². The molecule has 0 saturated carbocycles. The van der Waals surface area contributed by atoms with Gasteiger partial charge in [0, 0.05) is 0 Å². The molecule has 0 atom stereocenters. The molecule has 0 nitrogen and oxygen atoms in total. The van der Waals surface area contributed by atoms with Crippen LogP contribution in [0, 0.1) is 0 Å². The second kappa shape index (κ2) is 13.5. The van der Waals surface area contributed by atoms with Crippen molar-refractivity contribution in [1.82, 2.24) is 0 Å². The molecular formula is C34H43B21. The van der Waals surface area contributed by atoms with Gasteiger partial charge in [-0.3, -0.25) is 0 Å². The zero-order valence-corrected chi connectivity index (χ0v) is 38.1. The third-order valence-corrected chi connectivity index (χ3v) is 15.9. The van der Waals surface area contributed by atoms with Crippen LogP contribution in [0.25, 0.3) is 65.3 Å². The average Bonchev–Trinajstić information content (AvgIpc) is 3.15. The predicted molar refractivity (Wildman–Crippen MR) is 319 cm³/mol. The van der Waals surface area contributed by atoms with Crippen molar-refractivity contribution in [3.8, 4) is 22.3 Å². The van der Waals surface area contributed by atoms with E-state index in [4.69, 9.17) is 0 Å². The Morgan fingerprint density at radius 3 is 0.800 bits per heavy atom. The van der Waals surface area contributed by atoms with E-state index in [0.29, 0.717) is 0 Å². The summed E-state index contributed by atoms with van der Waals surface area (Å²) in [6, 6.07) is 2.52. The lowest BCUT2D eigenvalue weighted by atomic mass is 9.56. The van der Waals surface area contributed by atoms with Crippen LogP contribution in [0.4, 0.5) is 0 Å². The molecular weight excluding hydrogens is 635 g/mol. The van der Waals surface area contributed by atoms with E-state index in [-0.39, 0.29) is 0 Å². The lowest BCUT2D eigenvalue weighted by Crippen LogP contribution is -2.53. The Kier molecular flexibility index (Phi) is 9.87. The van der Waals surface area contributed by atoms with E-state index in [2.05, 4.69) is 171 Å². The summed E-state index contributed by atoms with van der Waals surface area (Å²) in [5.74, 6) is 0. The highest BCUT2D eigenvalue weighted by Crippen LogP contribution is 2.40. The number of rotatable bonds is 2. The molecule has 0 aliphatic rings. The van der Waals surface area contributed by atoms with Gasteiger partial charge in [-0.25, -0.2) is 0 Å². The van der Waals surface area contributed by atoms with Crippen LogP contribution < -0.4 is 115 Å². The Morgan fingerprint density at radius 2 is 0.436 bits per heavy atom. The Hall–Kier alpha value is -3.06. The highest BCUT2D eigenvalue weighted by molar-refractivity contribution is 6.76. The maximum atomic E-state index is 2.52. The summed E-state index contributed by atoms with van der Waals surface area (Å²) in [7, 11) is 49.7. The molecule has 0 amide bonds. The highest BCUT2D eigenvalue weighted by atomic mass is 14.3. The number of fused-ring (bicyclic) bond motifs is 4. The zero-order valence-electron chi connectivity index (χ0n) is 38.1. The molecule has 0 radical (unpaired) electrons. The number of benzene rings is 7. The quantitative estimate of drug-likeness (QED) is 0.126. The first-order valence-corrected chi connectivity index (χ1v) is 20.6. The molecule has 7 aromatic carbocycles. The van der Waals surface area contributed by atoms with Crippen LogP contribution in [0.2, 0.25) is 0 Å². The topological polar surface area (TPSA) is 0 Å². The molecule has 0 unspecified atom stereocenters. The lowest BCUT2D eigenvalue weighted by Gasteiger charge is -2.32.